The van der Waals surface area contributed by atoms with E-state index in [1.807, 2.05) is 0 Å². The second-order valence-electron chi connectivity index (χ2n) is 9.40. The van der Waals surface area contributed by atoms with Crippen LogP contribution in [-0.4, -0.2) is 8.80 Å². The fraction of sp³-hybridized carbons (Fsp3) is 0.667. The summed E-state index contributed by atoms with van der Waals surface area (Å²) in [6.07, 6.45) is 7.64. The van der Waals surface area contributed by atoms with Crippen molar-refractivity contribution in [1.29, 1.82) is 0 Å². The van der Waals surface area contributed by atoms with E-state index in [1.54, 1.807) is 0 Å². The van der Waals surface area contributed by atoms with Gasteiger partial charge in [-0.05, 0) is 61.1 Å². The van der Waals surface area contributed by atoms with Gasteiger partial charge in [-0.3, -0.25) is 0 Å². The molecule has 1 heterocycles. The standard InChI is InChI=1S/C24H33F5Si/c1-2-11-30-12-9-19(10-13-30)18-7-5-16(6-8-18)3-4-17-14-20(25)22(21(26)15-17)23(27)24(28)29/h14-16,18-19,30H,2-13H2,1H3. The predicted molar refractivity (Wildman–Crippen MR) is 115 cm³/mol. The summed E-state index contributed by atoms with van der Waals surface area (Å²) in [5.74, 6) is -2.36. The van der Waals surface area contributed by atoms with Gasteiger partial charge < -0.3 is 0 Å². The average Bonchev–Trinajstić information content (AvgIpc) is 2.73. The van der Waals surface area contributed by atoms with Gasteiger partial charge in [-0.1, -0.05) is 57.2 Å². The topological polar surface area (TPSA) is 0 Å². The molecule has 1 saturated carbocycles. The van der Waals surface area contributed by atoms with Crippen molar-refractivity contribution in [1.82, 2.24) is 0 Å². The first-order chi connectivity index (χ1) is 14.4. The SMILES string of the molecule is CCC[SiH]1CCC(C2CCC(CCc3cc(F)c(C(F)=C(F)F)c(F)c3)CC2)CC1. The molecule has 1 aliphatic heterocycles. The Labute approximate surface area is 178 Å². The lowest BCUT2D eigenvalue weighted by atomic mass is 9.73. The summed E-state index contributed by atoms with van der Waals surface area (Å²) in [6, 6.07) is 6.53. The molecular weight excluding hydrogens is 411 g/mol. The highest BCUT2D eigenvalue weighted by Crippen LogP contribution is 2.42. The Morgan fingerprint density at radius 1 is 0.900 bits per heavy atom. The van der Waals surface area contributed by atoms with Crippen molar-refractivity contribution in [2.24, 2.45) is 17.8 Å². The van der Waals surface area contributed by atoms with Crippen LogP contribution in [0.5, 0.6) is 0 Å². The quantitative estimate of drug-likeness (QED) is 0.293. The highest BCUT2D eigenvalue weighted by molar-refractivity contribution is 6.58. The van der Waals surface area contributed by atoms with E-state index >= 15 is 0 Å². The lowest BCUT2D eigenvalue weighted by Gasteiger charge is -2.37. The number of hydrogen-bond donors (Lipinski definition) is 0. The van der Waals surface area contributed by atoms with Crippen molar-refractivity contribution in [3.63, 3.8) is 0 Å². The molecule has 0 spiro atoms. The van der Waals surface area contributed by atoms with Crippen LogP contribution in [0.15, 0.2) is 18.2 Å². The maximum Gasteiger partial charge on any atom is 0.306 e. The van der Waals surface area contributed by atoms with Crippen molar-refractivity contribution >= 4 is 14.6 Å². The van der Waals surface area contributed by atoms with E-state index in [0.29, 0.717) is 17.9 Å². The predicted octanol–water partition coefficient (Wildman–Crippen LogP) is 8.29. The minimum atomic E-state index is -2.71. The zero-order valence-electron chi connectivity index (χ0n) is 17.8. The Kier molecular flexibility index (Phi) is 8.55. The molecule has 0 amide bonds. The molecule has 1 aromatic rings. The molecule has 0 unspecified atom stereocenters. The minimum Gasteiger partial charge on any atom is -0.206 e. The molecule has 0 N–H and O–H groups in total. The van der Waals surface area contributed by atoms with Crippen molar-refractivity contribution in [3.05, 3.63) is 41.0 Å². The molecule has 0 bridgehead atoms. The van der Waals surface area contributed by atoms with Gasteiger partial charge in [0.1, 0.15) is 11.6 Å². The van der Waals surface area contributed by atoms with Crippen molar-refractivity contribution in [2.75, 3.05) is 0 Å². The van der Waals surface area contributed by atoms with Crippen molar-refractivity contribution in [3.8, 4) is 0 Å². The van der Waals surface area contributed by atoms with Gasteiger partial charge in [0.2, 0.25) is 5.83 Å². The lowest BCUT2D eigenvalue weighted by Crippen LogP contribution is -2.28. The molecule has 1 aliphatic carbocycles. The summed E-state index contributed by atoms with van der Waals surface area (Å²) in [4.78, 5) is 0. The first-order valence-electron chi connectivity index (χ1n) is 11.6. The van der Waals surface area contributed by atoms with E-state index in [-0.39, 0.29) is 0 Å². The summed E-state index contributed by atoms with van der Waals surface area (Å²) < 4.78 is 66.0. The van der Waals surface area contributed by atoms with E-state index < -0.39 is 37.9 Å². The maximum absolute atomic E-state index is 14.0. The van der Waals surface area contributed by atoms with Crippen LogP contribution >= 0.6 is 0 Å². The van der Waals surface area contributed by atoms with E-state index in [1.165, 1.54) is 50.2 Å². The summed E-state index contributed by atoms with van der Waals surface area (Å²) in [5, 5.41) is 0. The number of benzene rings is 1. The van der Waals surface area contributed by atoms with Crippen LogP contribution in [0.25, 0.3) is 5.83 Å². The first kappa shape index (κ1) is 23.5. The zero-order valence-corrected chi connectivity index (χ0v) is 19.0. The van der Waals surface area contributed by atoms with Crippen LogP contribution < -0.4 is 0 Å². The molecule has 3 rings (SSSR count). The third-order valence-corrected chi connectivity index (χ3v) is 11.2. The second-order valence-corrected chi connectivity index (χ2v) is 12.9. The van der Waals surface area contributed by atoms with Gasteiger partial charge in [-0.25, -0.2) is 13.2 Å². The molecule has 2 aliphatic rings. The highest BCUT2D eigenvalue weighted by atomic mass is 28.3. The van der Waals surface area contributed by atoms with Gasteiger partial charge in [0, 0.05) is 8.80 Å². The normalized spacial score (nSPS) is 27.1. The average molecular weight is 445 g/mol. The third-order valence-electron chi connectivity index (χ3n) is 7.47. The van der Waals surface area contributed by atoms with Gasteiger partial charge in [0.05, 0.1) is 5.56 Å². The van der Waals surface area contributed by atoms with Crippen LogP contribution in [-0.2, 0) is 6.42 Å². The van der Waals surface area contributed by atoms with E-state index in [9.17, 15) is 22.0 Å². The second kappa shape index (κ2) is 10.9. The van der Waals surface area contributed by atoms with Crippen LogP contribution in [0, 0.1) is 29.4 Å². The summed E-state index contributed by atoms with van der Waals surface area (Å²) >= 11 is 0. The molecule has 2 fully saturated rings. The molecule has 6 heteroatoms. The van der Waals surface area contributed by atoms with Crippen LogP contribution in [0.2, 0.25) is 18.1 Å². The van der Waals surface area contributed by atoms with Crippen LogP contribution in [0.3, 0.4) is 0 Å². The Morgan fingerprint density at radius 3 is 2.00 bits per heavy atom. The summed E-state index contributed by atoms with van der Waals surface area (Å²) in [5.41, 5.74) is -0.863. The molecule has 30 heavy (non-hydrogen) atoms. The highest BCUT2D eigenvalue weighted by Gasteiger charge is 2.31. The Morgan fingerprint density at radius 2 is 1.47 bits per heavy atom. The Bertz CT molecular complexity index is 704. The van der Waals surface area contributed by atoms with Gasteiger partial charge >= 0.3 is 6.08 Å². The van der Waals surface area contributed by atoms with E-state index in [2.05, 4.69) is 6.92 Å². The van der Waals surface area contributed by atoms with Gasteiger partial charge in [-0.2, -0.15) is 8.78 Å². The first-order valence-corrected chi connectivity index (χ1v) is 14.0. The number of aryl methyl sites for hydroxylation is 1. The van der Waals surface area contributed by atoms with Crippen LogP contribution in [0.1, 0.15) is 69.4 Å². The maximum atomic E-state index is 14.0. The van der Waals surface area contributed by atoms with Gasteiger partial charge in [0.25, 0.3) is 0 Å². The largest absolute Gasteiger partial charge is 0.306 e. The van der Waals surface area contributed by atoms with E-state index in [4.69, 9.17) is 0 Å². The molecule has 168 valence electrons. The zero-order chi connectivity index (χ0) is 21.7. The van der Waals surface area contributed by atoms with Crippen LogP contribution in [0.4, 0.5) is 22.0 Å². The van der Waals surface area contributed by atoms with Gasteiger partial charge in [0.15, 0.2) is 0 Å². The Hall–Kier alpha value is -1.17. The molecule has 0 aromatic heterocycles. The minimum absolute atomic E-state index is 0.405. The third kappa shape index (κ3) is 5.95. The molecule has 0 radical (unpaired) electrons. The molecule has 0 atom stereocenters. The monoisotopic (exact) mass is 444 g/mol. The lowest BCUT2D eigenvalue weighted by molar-refractivity contribution is 0.186. The van der Waals surface area contributed by atoms with Crippen molar-refractivity contribution < 1.29 is 22.0 Å². The number of rotatable bonds is 7. The Balaban J connectivity index is 1.47. The molecule has 0 nitrogen and oxygen atoms in total. The molecular formula is C24H33F5Si. The fourth-order valence-electron chi connectivity index (χ4n) is 5.75. The molecule has 1 saturated heterocycles. The molecule has 1 aromatic carbocycles. The smallest absolute Gasteiger partial charge is 0.206 e. The number of hydrogen-bond acceptors (Lipinski definition) is 0. The number of halogens is 5. The summed E-state index contributed by atoms with van der Waals surface area (Å²) in [7, 11) is -0.431. The summed E-state index contributed by atoms with van der Waals surface area (Å²) in [6.45, 7) is 2.30. The van der Waals surface area contributed by atoms with Gasteiger partial charge in [-0.15, -0.1) is 0 Å². The fourth-order valence-corrected chi connectivity index (χ4v) is 9.23. The van der Waals surface area contributed by atoms with E-state index in [0.717, 1.165) is 43.2 Å². The van der Waals surface area contributed by atoms with Crippen molar-refractivity contribution in [2.45, 2.75) is 82.8 Å².